The van der Waals surface area contributed by atoms with Gasteiger partial charge in [-0.05, 0) is 34.9 Å². The lowest BCUT2D eigenvalue weighted by molar-refractivity contribution is -0.384. The van der Waals surface area contributed by atoms with E-state index in [1.807, 2.05) is 18.2 Å². The third kappa shape index (κ3) is 7.22. The molecule has 1 amide bonds. The van der Waals surface area contributed by atoms with Crippen molar-refractivity contribution in [3.05, 3.63) is 94.5 Å². The highest BCUT2D eigenvalue weighted by Crippen LogP contribution is 2.36. The summed E-state index contributed by atoms with van der Waals surface area (Å²) in [4.78, 5) is 28.5. The normalized spacial score (nSPS) is 14.6. The fraction of sp³-hybridized carbons (Fsp3) is 0.406. The third-order valence-corrected chi connectivity index (χ3v) is 12.9. The Balaban J connectivity index is 1.42. The Hall–Kier alpha value is -3.53. The van der Waals surface area contributed by atoms with E-state index in [0.29, 0.717) is 19.4 Å². The summed E-state index contributed by atoms with van der Waals surface area (Å²) in [6.45, 7) is 11.0. The van der Waals surface area contributed by atoms with Gasteiger partial charge in [-0.15, -0.1) is 0 Å². The zero-order chi connectivity index (χ0) is 29.5. The molecule has 0 saturated carbocycles. The van der Waals surface area contributed by atoms with Gasteiger partial charge in [-0.3, -0.25) is 14.9 Å². The van der Waals surface area contributed by atoms with Crippen molar-refractivity contribution in [2.75, 3.05) is 44.7 Å². The van der Waals surface area contributed by atoms with E-state index in [1.165, 1.54) is 10.4 Å². The van der Waals surface area contributed by atoms with Crippen LogP contribution in [0.5, 0.6) is 0 Å². The maximum absolute atomic E-state index is 12.9. The van der Waals surface area contributed by atoms with E-state index in [9.17, 15) is 14.9 Å². The molecule has 218 valence electrons. The van der Waals surface area contributed by atoms with Crippen LogP contribution in [0.25, 0.3) is 0 Å². The maximum Gasteiger partial charge on any atom is 0.269 e. The van der Waals surface area contributed by atoms with Crippen molar-refractivity contribution < 1.29 is 14.1 Å². The highest BCUT2D eigenvalue weighted by Gasteiger charge is 2.49. The van der Waals surface area contributed by atoms with E-state index >= 15 is 0 Å². The predicted molar refractivity (Wildman–Crippen MR) is 167 cm³/mol. The number of nitro groups is 1. The lowest BCUT2D eigenvalue weighted by Crippen LogP contribution is -2.66. The number of nitrogens with zero attached hydrogens (tertiary/aromatic N) is 3. The zero-order valence-corrected chi connectivity index (χ0v) is 25.6. The fourth-order valence-corrected chi connectivity index (χ4v) is 10.3. The van der Waals surface area contributed by atoms with Crippen molar-refractivity contribution >= 4 is 36.0 Å². The molecular weight excluding hydrogens is 532 g/mol. The molecule has 0 aromatic heterocycles. The minimum absolute atomic E-state index is 0.0332. The Morgan fingerprint density at radius 2 is 1.54 bits per heavy atom. The SMILES string of the molecule is CN1CCN(c2ccc([N+](=O)[O-])cc2CNC(=O)CCCO[Si](c2ccccc2)(c2ccccc2)C(C)(C)C)CC1. The van der Waals surface area contributed by atoms with Gasteiger partial charge >= 0.3 is 0 Å². The van der Waals surface area contributed by atoms with Crippen LogP contribution in [0.1, 0.15) is 39.2 Å². The lowest BCUT2D eigenvalue weighted by atomic mass is 10.1. The maximum atomic E-state index is 12.9. The lowest BCUT2D eigenvalue weighted by Gasteiger charge is -2.43. The van der Waals surface area contributed by atoms with Gasteiger partial charge in [0.25, 0.3) is 14.0 Å². The van der Waals surface area contributed by atoms with Gasteiger partial charge in [0.05, 0.1) is 4.92 Å². The number of nitro benzene ring substituents is 1. The predicted octanol–water partition coefficient (Wildman–Crippen LogP) is 4.32. The molecule has 0 aliphatic carbocycles. The second-order valence-corrected chi connectivity index (χ2v) is 16.1. The molecule has 4 rings (SSSR count). The van der Waals surface area contributed by atoms with Crippen molar-refractivity contribution in [1.29, 1.82) is 0 Å². The van der Waals surface area contributed by atoms with Crippen LogP contribution in [-0.2, 0) is 15.8 Å². The highest BCUT2D eigenvalue weighted by atomic mass is 28.4. The van der Waals surface area contributed by atoms with Crippen LogP contribution < -0.4 is 20.6 Å². The molecule has 0 bridgehead atoms. The van der Waals surface area contributed by atoms with Crippen LogP contribution in [0.4, 0.5) is 11.4 Å². The van der Waals surface area contributed by atoms with Gasteiger partial charge in [0.15, 0.2) is 0 Å². The van der Waals surface area contributed by atoms with Crippen LogP contribution in [0.2, 0.25) is 5.04 Å². The minimum atomic E-state index is -2.65. The number of likely N-dealkylation sites (N-methyl/N-ethyl adjacent to an activating group) is 1. The Morgan fingerprint density at radius 3 is 2.07 bits per heavy atom. The zero-order valence-electron chi connectivity index (χ0n) is 24.6. The fourth-order valence-electron chi connectivity index (χ4n) is 5.68. The van der Waals surface area contributed by atoms with Gasteiger partial charge in [0.1, 0.15) is 0 Å². The first-order valence-electron chi connectivity index (χ1n) is 14.3. The molecule has 9 heteroatoms. The summed E-state index contributed by atoms with van der Waals surface area (Å²) in [6, 6.07) is 25.9. The van der Waals surface area contributed by atoms with E-state index in [2.05, 4.69) is 91.5 Å². The Kier molecular flexibility index (Phi) is 9.96. The van der Waals surface area contributed by atoms with E-state index in [0.717, 1.165) is 37.4 Å². The molecule has 8 nitrogen and oxygen atoms in total. The molecular formula is C32H42N4O4Si. The summed E-state index contributed by atoms with van der Waals surface area (Å²) in [7, 11) is -0.557. The molecule has 41 heavy (non-hydrogen) atoms. The Morgan fingerprint density at radius 1 is 0.951 bits per heavy atom. The first-order chi connectivity index (χ1) is 19.6. The molecule has 1 saturated heterocycles. The number of rotatable bonds is 11. The van der Waals surface area contributed by atoms with Crippen molar-refractivity contribution in [2.24, 2.45) is 0 Å². The van der Waals surface area contributed by atoms with Crippen LogP contribution in [0.3, 0.4) is 0 Å². The van der Waals surface area contributed by atoms with E-state index < -0.39 is 8.32 Å². The van der Waals surface area contributed by atoms with Crippen molar-refractivity contribution in [1.82, 2.24) is 10.2 Å². The van der Waals surface area contributed by atoms with Crippen molar-refractivity contribution in [2.45, 2.75) is 45.2 Å². The topological polar surface area (TPSA) is 88.0 Å². The summed E-state index contributed by atoms with van der Waals surface area (Å²) in [5, 5.41) is 16.7. The molecule has 1 aliphatic heterocycles. The van der Waals surface area contributed by atoms with Crippen molar-refractivity contribution in [3.8, 4) is 0 Å². The van der Waals surface area contributed by atoms with Gasteiger partial charge in [0.2, 0.25) is 5.91 Å². The number of anilines is 1. The highest BCUT2D eigenvalue weighted by molar-refractivity contribution is 6.99. The molecule has 1 N–H and O–H groups in total. The monoisotopic (exact) mass is 574 g/mol. The summed E-state index contributed by atoms with van der Waals surface area (Å²) in [6.07, 6.45) is 0.896. The molecule has 0 atom stereocenters. The van der Waals surface area contributed by atoms with Crippen LogP contribution >= 0.6 is 0 Å². The smallest absolute Gasteiger partial charge is 0.269 e. The molecule has 3 aromatic carbocycles. The number of carbonyl (C=O) groups excluding carboxylic acids is 1. The molecule has 1 heterocycles. The number of non-ortho nitro benzene ring substituents is 1. The van der Waals surface area contributed by atoms with Gasteiger partial charge in [-0.2, -0.15) is 0 Å². The van der Waals surface area contributed by atoms with Gasteiger partial charge in [-0.25, -0.2) is 0 Å². The van der Waals surface area contributed by atoms with E-state index in [-0.39, 0.29) is 28.1 Å². The quantitative estimate of drug-likeness (QED) is 0.159. The average Bonchev–Trinajstić information content (AvgIpc) is 2.97. The minimum Gasteiger partial charge on any atom is -0.407 e. The average molecular weight is 575 g/mol. The summed E-state index contributed by atoms with van der Waals surface area (Å²) >= 11 is 0. The number of hydrogen-bond donors (Lipinski definition) is 1. The Labute approximate surface area is 244 Å². The molecule has 0 radical (unpaired) electrons. The Bertz CT molecular complexity index is 1270. The second-order valence-electron chi connectivity index (χ2n) is 11.8. The van der Waals surface area contributed by atoms with Gasteiger partial charge in [0, 0.05) is 69.1 Å². The first-order valence-corrected chi connectivity index (χ1v) is 16.2. The number of amides is 1. The largest absolute Gasteiger partial charge is 0.407 e. The number of hydrogen-bond acceptors (Lipinski definition) is 6. The molecule has 1 aliphatic rings. The second kappa shape index (κ2) is 13.4. The van der Waals surface area contributed by atoms with E-state index in [4.69, 9.17) is 4.43 Å². The van der Waals surface area contributed by atoms with Crippen LogP contribution in [0, 0.1) is 10.1 Å². The number of benzene rings is 3. The summed E-state index contributed by atoms with van der Waals surface area (Å²) < 4.78 is 6.90. The number of nitrogens with one attached hydrogen (secondary N) is 1. The molecule has 1 fully saturated rings. The van der Waals surface area contributed by atoms with Gasteiger partial charge < -0.3 is 19.5 Å². The summed E-state index contributed by atoms with van der Waals surface area (Å²) in [5.41, 5.74) is 1.74. The summed E-state index contributed by atoms with van der Waals surface area (Å²) in [5.74, 6) is -0.0909. The standard InChI is InChI=1S/C32H42N4O4Si/c1-32(2,3)41(28-12-7-5-8-13-28,29-14-9-6-10-15-29)40-23-11-16-31(37)33-25-26-24-27(36(38)39)17-18-30(26)35-21-19-34(4)20-22-35/h5-10,12-15,17-18,24H,11,16,19-23,25H2,1-4H3,(H,33,37). The number of carbonyl (C=O) groups is 1. The van der Waals surface area contributed by atoms with Crippen LogP contribution in [0.15, 0.2) is 78.9 Å². The molecule has 0 unspecified atom stereocenters. The molecule has 3 aromatic rings. The first kappa shape index (κ1) is 30.4. The van der Waals surface area contributed by atoms with E-state index in [1.54, 1.807) is 12.1 Å². The molecule has 0 spiro atoms. The third-order valence-electron chi connectivity index (χ3n) is 7.88. The number of piperazine rings is 1. The van der Waals surface area contributed by atoms with Crippen LogP contribution in [-0.4, -0.2) is 63.9 Å². The van der Waals surface area contributed by atoms with Crippen molar-refractivity contribution in [3.63, 3.8) is 0 Å². The van der Waals surface area contributed by atoms with Gasteiger partial charge in [-0.1, -0.05) is 81.4 Å².